The normalized spacial score (nSPS) is 19.6. The molecular weight excluding hydrogens is 533 g/mol. The van der Waals surface area contributed by atoms with E-state index in [1.165, 1.54) is 24.1 Å². The first-order valence-electron chi connectivity index (χ1n) is 13.7. The Kier molecular flexibility index (Phi) is 8.62. The fraction of sp³-hybridized carbons (Fsp3) is 0.206. The molecule has 42 heavy (non-hydrogen) atoms. The number of amides is 3. The van der Waals surface area contributed by atoms with Gasteiger partial charge in [-0.25, -0.2) is 9.18 Å². The van der Waals surface area contributed by atoms with Gasteiger partial charge in [0.05, 0.1) is 19.1 Å². The van der Waals surface area contributed by atoms with Gasteiger partial charge >= 0.3 is 6.03 Å². The van der Waals surface area contributed by atoms with Gasteiger partial charge in [0.2, 0.25) is 5.91 Å². The summed E-state index contributed by atoms with van der Waals surface area (Å²) in [6.45, 7) is 0.128. The number of urea groups is 1. The van der Waals surface area contributed by atoms with E-state index >= 15 is 0 Å². The van der Waals surface area contributed by atoms with E-state index in [4.69, 9.17) is 4.74 Å². The van der Waals surface area contributed by atoms with E-state index in [9.17, 15) is 18.8 Å². The lowest BCUT2D eigenvalue weighted by Gasteiger charge is -2.31. The highest BCUT2D eigenvalue weighted by atomic mass is 19.1. The van der Waals surface area contributed by atoms with E-state index in [2.05, 4.69) is 10.6 Å². The quantitative estimate of drug-likeness (QED) is 0.276. The fourth-order valence-corrected chi connectivity index (χ4v) is 5.81. The van der Waals surface area contributed by atoms with Gasteiger partial charge in [0.25, 0.3) is 0 Å². The zero-order chi connectivity index (χ0) is 29.6. The highest BCUT2D eigenvalue weighted by Crippen LogP contribution is 2.51. The maximum absolute atomic E-state index is 14.4. The first kappa shape index (κ1) is 28.5. The molecule has 214 valence electrons. The van der Waals surface area contributed by atoms with Crippen LogP contribution in [0.15, 0.2) is 109 Å². The van der Waals surface area contributed by atoms with Crippen LogP contribution >= 0.6 is 0 Å². The first-order chi connectivity index (χ1) is 20.4. The SMILES string of the molecule is CNC(=O)N1C(C(=O)NCc2ccc(F)cc2)C(c2ccccc2)C(C(=O)c2ccccc2)C1c1ccc(OC)cc1. The van der Waals surface area contributed by atoms with Crippen molar-refractivity contribution in [1.82, 2.24) is 15.5 Å². The van der Waals surface area contributed by atoms with E-state index in [0.717, 1.165) is 5.56 Å². The van der Waals surface area contributed by atoms with Crippen LogP contribution in [0.2, 0.25) is 0 Å². The van der Waals surface area contributed by atoms with E-state index in [0.29, 0.717) is 22.4 Å². The Labute approximate surface area is 244 Å². The molecule has 7 nitrogen and oxygen atoms in total. The van der Waals surface area contributed by atoms with Gasteiger partial charge in [0.15, 0.2) is 5.78 Å². The molecule has 5 rings (SSSR count). The summed E-state index contributed by atoms with van der Waals surface area (Å²) in [5.41, 5.74) is 2.65. The summed E-state index contributed by atoms with van der Waals surface area (Å²) >= 11 is 0. The molecule has 0 spiro atoms. The molecule has 1 heterocycles. The molecule has 0 aliphatic carbocycles. The lowest BCUT2D eigenvalue weighted by molar-refractivity contribution is -0.125. The highest BCUT2D eigenvalue weighted by molar-refractivity contribution is 6.01. The smallest absolute Gasteiger partial charge is 0.318 e. The Morgan fingerprint density at radius 3 is 2.02 bits per heavy atom. The number of nitrogens with one attached hydrogen (secondary N) is 2. The van der Waals surface area contributed by atoms with Gasteiger partial charge < -0.3 is 20.3 Å². The second-order valence-electron chi connectivity index (χ2n) is 10.2. The Hall–Kier alpha value is -4.98. The molecule has 0 aromatic heterocycles. The lowest BCUT2D eigenvalue weighted by Crippen LogP contribution is -2.51. The molecule has 4 atom stereocenters. The van der Waals surface area contributed by atoms with Crippen molar-refractivity contribution in [3.63, 3.8) is 0 Å². The topological polar surface area (TPSA) is 87.7 Å². The van der Waals surface area contributed by atoms with Crippen molar-refractivity contribution in [2.24, 2.45) is 5.92 Å². The minimum atomic E-state index is -1.03. The largest absolute Gasteiger partial charge is 0.497 e. The molecule has 0 radical (unpaired) electrons. The number of halogens is 1. The Bertz CT molecular complexity index is 1530. The van der Waals surface area contributed by atoms with Gasteiger partial charge in [-0.2, -0.15) is 0 Å². The molecule has 2 N–H and O–H groups in total. The predicted molar refractivity (Wildman–Crippen MR) is 158 cm³/mol. The molecule has 1 fully saturated rings. The predicted octanol–water partition coefficient (Wildman–Crippen LogP) is 5.50. The molecule has 8 heteroatoms. The third kappa shape index (κ3) is 5.74. The second-order valence-corrected chi connectivity index (χ2v) is 10.2. The highest BCUT2D eigenvalue weighted by Gasteiger charge is 2.57. The number of carbonyl (C=O) groups is 3. The molecule has 4 aromatic carbocycles. The van der Waals surface area contributed by atoms with Crippen LogP contribution in [0.3, 0.4) is 0 Å². The van der Waals surface area contributed by atoms with Crippen molar-refractivity contribution in [2.45, 2.75) is 24.5 Å². The maximum Gasteiger partial charge on any atom is 0.318 e. The maximum atomic E-state index is 14.4. The number of Topliss-reactive ketones (excluding diaryl/α,β-unsaturated/α-hetero) is 1. The molecular formula is C34H32FN3O4. The van der Waals surface area contributed by atoms with Gasteiger partial charge in [0, 0.05) is 25.1 Å². The standard InChI is InChI=1S/C34H32FN3O4/c1-36-34(41)38-30(24-15-19-27(42-2)20-16-24)29(32(39)25-11-7-4-8-12-25)28(23-9-5-3-6-10-23)31(38)33(40)37-21-22-13-17-26(35)18-14-22/h3-20,28-31H,21H2,1-2H3,(H,36,41)(H,37,40). The molecule has 1 aliphatic rings. The molecule has 4 unspecified atom stereocenters. The number of likely N-dealkylation sites (tertiary alicyclic amines) is 1. The summed E-state index contributed by atoms with van der Waals surface area (Å²) in [5.74, 6) is -1.80. The third-order valence-electron chi connectivity index (χ3n) is 7.77. The van der Waals surface area contributed by atoms with Crippen LogP contribution in [0, 0.1) is 11.7 Å². The Balaban J connectivity index is 1.66. The number of ketones is 1. The minimum Gasteiger partial charge on any atom is -0.497 e. The van der Waals surface area contributed by atoms with E-state index in [1.54, 1.807) is 55.6 Å². The number of hydrogen-bond donors (Lipinski definition) is 2. The van der Waals surface area contributed by atoms with E-state index in [-0.39, 0.29) is 18.1 Å². The zero-order valence-corrected chi connectivity index (χ0v) is 23.4. The molecule has 4 aromatic rings. The van der Waals surface area contributed by atoms with Crippen LogP contribution in [-0.2, 0) is 11.3 Å². The summed E-state index contributed by atoms with van der Waals surface area (Å²) in [4.78, 5) is 43.7. The molecule has 1 saturated heterocycles. The molecule has 0 bridgehead atoms. The van der Waals surface area contributed by atoms with Gasteiger partial charge in [-0.05, 0) is 41.0 Å². The third-order valence-corrected chi connectivity index (χ3v) is 7.77. The van der Waals surface area contributed by atoms with Gasteiger partial charge in [-0.15, -0.1) is 0 Å². The van der Waals surface area contributed by atoms with Crippen molar-refractivity contribution in [3.05, 3.63) is 137 Å². The summed E-state index contributed by atoms with van der Waals surface area (Å²) in [6, 6.07) is 29.1. The van der Waals surface area contributed by atoms with Crippen LogP contribution in [0.5, 0.6) is 5.75 Å². The van der Waals surface area contributed by atoms with Crippen molar-refractivity contribution in [3.8, 4) is 5.75 Å². The minimum absolute atomic E-state index is 0.128. The lowest BCUT2D eigenvalue weighted by atomic mass is 9.76. The van der Waals surface area contributed by atoms with Crippen LogP contribution in [0.1, 0.15) is 39.0 Å². The van der Waals surface area contributed by atoms with Crippen LogP contribution < -0.4 is 15.4 Å². The molecule has 1 aliphatic heterocycles. The van der Waals surface area contributed by atoms with Crippen molar-refractivity contribution in [1.29, 1.82) is 0 Å². The van der Waals surface area contributed by atoms with Crippen LogP contribution in [-0.4, -0.2) is 42.8 Å². The molecule has 0 saturated carbocycles. The molecule has 3 amide bonds. The number of nitrogens with zero attached hydrogens (tertiary/aromatic N) is 1. The number of rotatable bonds is 8. The van der Waals surface area contributed by atoms with E-state index in [1.807, 2.05) is 48.5 Å². The average Bonchev–Trinajstić information content (AvgIpc) is 3.40. The Morgan fingerprint density at radius 1 is 0.810 bits per heavy atom. The summed E-state index contributed by atoms with van der Waals surface area (Å²) < 4.78 is 18.8. The summed E-state index contributed by atoms with van der Waals surface area (Å²) in [6.07, 6.45) is 0. The van der Waals surface area contributed by atoms with Gasteiger partial charge in [-0.3, -0.25) is 9.59 Å². The average molecular weight is 566 g/mol. The number of benzene rings is 4. The van der Waals surface area contributed by atoms with Crippen LogP contribution in [0.25, 0.3) is 0 Å². The Morgan fingerprint density at radius 2 is 1.43 bits per heavy atom. The number of ether oxygens (including phenoxy) is 1. The number of methoxy groups -OCH3 is 1. The van der Waals surface area contributed by atoms with Crippen molar-refractivity contribution < 1.29 is 23.5 Å². The van der Waals surface area contributed by atoms with Gasteiger partial charge in [-0.1, -0.05) is 84.9 Å². The van der Waals surface area contributed by atoms with Crippen LogP contribution in [0.4, 0.5) is 9.18 Å². The monoisotopic (exact) mass is 565 g/mol. The van der Waals surface area contributed by atoms with Crippen molar-refractivity contribution in [2.75, 3.05) is 14.2 Å². The summed E-state index contributed by atoms with van der Waals surface area (Å²) in [7, 11) is 3.07. The number of hydrogen-bond acceptors (Lipinski definition) is 4. The fourth-order valence-electron chi connectivity index (χ4n) is 5.81. The van der Waals surface area contributed by atoms with Gasteiger partial charge in [0.1, 0.15) is 17.6 Å². The zero-order valence-electron chi connectivity index (χ0n) is 23.4. The summed E-state index contributed by atoms with van der Waals surface area (Å²) in [5, 5.41) is 5.64. The second kappa shape index (κ2) is 12.7. The van der Waals surface area contributed by atoms with Crippen molar-refractivity contribution >= 4 is 17.7 Å². The van der Waals surface area contributed by atoms with E-state index < -0.39 is 35.9 Å². The first-order valence-corrected chi connectivity index (χ1v) is 13.7. The number of carbonyl (C=O) groups excluding carboxylic acids is 3.